The molecule has 1 N–H and O–H groups in total. The van der Waals surface area contributed by atoms with Gasteiger partial charge in [-0.3, -0.25) is 9.59 Å². The number of ketones is 1. The zero-order chi connectivity index (χ0) is 15.5. The lowest BCUT2D eigenvalue weighted by Gasteiger charge is -2.30. The van der Waals surface area contributed by atoms with Crippen molar-refractivity contribution in [1.82, 2.24) is 0 Å². The Bertz CT molecular complexity index is 694. The first-order valence-corrected chi connectivity index (χ1v) is 8.22. The zero-order valence-electron chi connectivity index (χ0n) is 12.1. The smallest absolute Gasteiger partial charge is 0.227 e. The second kappa shape index (κ2) is 6.32. The van der Waals surface area contributed by atoms with E-state index in [1.165, 1.54) is 11.3 Å². The Morgan fingerprint density at radius 2 is 2.05 bits per heavy atom. The molecule has 0 bridgehead atoms. The molecule has 2 heterocycles. The van der Waals surface area contributed by atoms with Crippen molar-refractivity contribution >= 4 is 28.7 Å². The van der Waals surface area contributed by atoms with Gasteiger partial charge in [-0.1, -0.05) is 18.2 Å². The number of aromatic hydroxyl groups is 1. The van der Waals surface area contributed by atoms with Gasteiger partial charge in [-0.2, -0.15) is 0 Å². The predicted octanol–water partition coefficient (Wildman–Crippen LogP) is 3.40. The molecule has 1 aromatic heterocycles. The Labute approximate surface area is 133 Å². The van der Waals surface area contributed by atoms with Crippen LogP contribution in [-0.2, 0) is 11.2 Å². The van der Waals surface area contributed by atoms with Gasteiger partial charge in [0.25, 0.3) is 0 Å². The van der Waals surface area contributed by atoms with E-state index in [1.807, 2.05) is 17.5 Å². The predicted molar refractivity (Wildman–Crippen MR) is 86.7 cm³/mol. The van der Waals surface area contributed by atoms with E-state index >= 15 is 0 Å². The number of rotatable bonds is 4. The van der Waals surface area contributed by atoms with E-state index < -0.39 is 0 Å². The first-order chi connectivity index (χ1) is 10.7. The number of benzene rings is 1. The molecule has 0 saturated heterocycles. The molecule has 1 aliphatic heterocycles. The first-order valence-electron chi connectivity index (χ1n) is 7.35. The molecule has 1 amide bonds. The van der Waals surface area contributed by atoms with E-state index in [4.69, 9.17) is 0 Å². The maximum Gasteiger partial charge on any atom is 0.227 e. The van der Waals surface area contributed by atoms with Crippen molar-refractivity contribution in [2.24, 2.45) is 0 Å². The Hall–Kier alpha value is -2.14. The van der Waals surface area contributed by atoms with Gasteiger partial charge in [-0.15, -0.1) is 11.3 Å². The van der Waals surface area contributed by atoms with E-state index in [9.17, 15) is 14.7 Å². The van der Waals surface area contributed by atoms with Crippen molar-refractivity contribution in [1.29, 1.82) is 0 Å². The van der Waals surface area contributed by atoms with E-state index in [0.717, 1.165) is 18.4 Å². The maximum absolute atomic E-state index is 12.5. The van der Waals surface area contributed by atoms with Crippen LogP contribution in [0.25, 0.3) is 0 Å². The van der Waals surface area contributed by atoms with Crippen LogP contribution in [0.1, 0.15) is 34.5 Å². The van der Waals surface area contributed by atoms with E-state index in [2.05, 4.69) is 0 Å². The molecule has 1 aliphatic rings. The van der Waals surface area contributed by atoms with Crippen molar-refractivity contribution in [2.75, 3.05) is 11.4 Å². The third-order valence-corrected chi connectivity index (χ3v) is 4.77. The van der Waals surface area contributed by atoms with Crippen LogP contribution in [-0.4, -0.2) is 23.3 Å². The summed E-state index contributed by atoms with van der Waals surface area (Å²) < 4.78 is 0. The SMILES string of the molecule is O=C(CCC(=O)N1CCCc2cccc(O)c21)c1cccs1. The summed E-state index contributed by atoms with van der Waals surface area (Å²) in [5, 5.41) is 11.9. The Balaban J connectivity index is 1.70. The van der Waals surface area contributed by atoms with E-state index in [1.54, 1.807) is 23.1 Å². The molecule has 4 nitrogen and oxygen atoms in total. The first kappa shape index (κ1) is 14.8. The standard InChI is InChI=1S/C17H17NO3S/c19-13(15-7-3-11-22-15)8-9-16(21)18-10-2-5-12-4-1-6-14(20)17(12)18/h1,3-4,6-7,11,20H,2,5,8-10H2. The summed E-state index contributed by atoms with van der Waals surface area (Å²) in [7, 11) is 0. The summed E-state index contributed by atoms with van der Waals surface area (Å²) in [6.07, 6.45) is 2.12. The van der Waals surface area contributed by atoms with Crippen molar-refractivity contribution in [3.63, 3.8) is 0 Å². The summed E-state index contributed by atoms with van der Waals surface area (Å²) in [6, 6.07) is 8.94. The molecule has 0 fully saturated rings. The number of phenols is 1. The molecule has 1 aromatic carbocycles. The van der Waals surface area contributed by atoms with Crippen LogP contribution in [0.2, 0.25) is 0 Å². The fraction of sp³-hybridized carbons (Fsp3) is 0.294. The third-order valence-electron chi connectivity index (χ3n) is 3.86. The molecule has 5 heteroatoms. The van der Waals surface area contributed by atoms with Gasteiger partial charge in [-0.25, -0.2) is 0 Å². The lowest BCUT2D eigenvalue weighted by Crippen LogP contribution is -2.35. The third kappa shape index (κ3) is 2.90. The van der Waals surface area contributed by atoms with Crippen molar-refractivity contribution in [2.45, 2.75) is 25.7 Å². The van der Waals surface area contributed by atoms with Gasteiger partial charge >= 0.3 is 0 Å². The summed E-state index contributed by atoms with van der Waals surface area (Å²) in [5.74, 6) is 0.0281. The molecule has 0 spiro atoms. The van der Waals surface area contributed by atoms with Gasteiger partial charge < -0.3 is 10.0 Å². The number of carbonyl (C=O) groups excluding carboxylic acids is 2. The van der Waals surface area contributed by atoms with Gasteiger partial charge in [0.05, 0.1) is 10.6 Å². The number of fused-ring (bicyclic) bond motifs is 1. The molecule has 114 valence electrons. The van der Waals surface area contributed by atoms with E-state index in [0.29, 0.717) is 17.1 Å². The minimum atomic E-state index is -0.104. The number of anilines is 1. The van der Waals surface area contributed by atoms with Gasteiger partial charge in [0, 0.05) is 19.4 Å². The minimum Gasteiger partial charge on any atom is -0.506 e. The van der Waals surface area contributed by atoms with Crippen LogP contribution < -0.4 is 4.90 Å². The normalized spacial score (nSPS) is 13.7. The van der Waals surface area contributed by atoms with Gasteiger partial charge in [0.1, 0.15) is 5.75 Å². The number of carbonyl (C=O) groups is 2. The number of thiophene rings is 1. The molecule has 3 rings (SSSR count). The molecule has 0 radical (unpaired) electrons. The second-order valence-electron chi connectivity index (χ2n) is 5.33. The van der Waals surface area contributed by atoms with Crippen LogP contribution in [0.15, 0.2) is 35.7 Å². The maximum atomic E-state index is 12.5. The van der Waals surface area contributed by atoms with Gasteiger partial charge in [-0.05, 0) is 35.9 Å². The molecule has 22 heavy (non-hydrogen) atoms. The lowest BCUT2D eigenvalue weighted by molar-refractivity contribution is -0.118. The van der Waals surface area contributed by atoms with Crippen LogP contribution >= 0.6 is 11.3 Å². The molecule has 0 aliphatic carbocycles. The number of amides is 1. The zero-order valence-corrected chi connectivity index (χ0v) is 12.9. The highest BCUT2D eigenvalue weighted by atomic mass is 32.1. The van der Waals surface area contributed by atoms with Crippen molar-refractivity contribution in [3.8, 4) is 5.75 Å². The van der Waals surface area contributed by atoms with Gasteiger partial charge in [0.2, 0.25) is 5.91 Å². The van der Waals surface area contributed by atoms with Crippen LogP contribution in [0.4, 0.5) is 5.69 Å². The Kier molecular flexibility index (Phi) is 4.24. The van der Waals surface area contributed by atoms with Crippen molar-refractivity contribution < 1.29 is 14.7 Å². The number of hydrogen-bond acceptors (Lipinski definition) is 4. The number of nitrogens with zero attached hydrogens (tertiary/aromatic N) is 1. The Morgan fingerprint density at radius 1 is 1.18 bits per heavy atom. The van der Waals surface area contributed by atoms with Crippen molar-refractivity contribution in [3.05, 3.63) is 46.2 Å². The summed E-state index contributed by atoms with van der Waals surface area (Å²) in [5.41, 5.74) is 1.60. The Morgan fingerprint density at radius 3 is 2.82 bits per heavy atom. The highest BCUT2D eigenvalue weighted by Gasteiger charge is 2.25. The second-order valence-corrected chi connectivity index (χ2v) is 6.28. The fourth-order valence-electron chi connectivity index (χ4n) is 2.80. The molecule has 0 saturated carbocycles. The van der Waals surface area contributed by atoms with E-state index in [-0.39, 0.29) is 30.3 Å². The van der Waals surface area contributed by atoms with Crippen LogP contribution in [0, 0.1) is 0 Å². The average Bonchev–Trinajstić information content (AvgIpc) is 3.06. The highest BCUT2D eigenvalue weighted by molar-refractivity contribution is 7.12. The van der Waals surface area contributed by atoms with Gasteiger partial charge in [0.15, 0.2) is 5.78 Å². The lowest BCUT2D eigenvalue weighted by atomic mass is 10.0. The molecular weight excluding hydrogens is 298 g/mol. The summed E-state index contributed by atoms with van der Waals surface area (Å²) in [6.45, 7) is 0.594. The monoisotopic (exact) mass is 315 g/mol. The summed E-state index contributed by atoms with van der Waals surface area (Å²) in [4.78, 5) is 26.8. The molecule has 0 atom stereocenters. The highest BCUT2D eigenvalue weighted by Crippen LogP contribution is 2.35. The largest absolute Gasteiger partial charge is 0.506 e. The molecular formula is C17H17NO3S. The van der Waals surface area contributed by atoms with Crippen LogP contribution in [0.3, 0.4) is 0 Å². The topological polar surface area (TPSA) is 57.6 Å². The number of aryl methyl sites for hydroxylation is 1. The average molecular weight is 315 g/mol. The summed E-state index contributed by atoms with van der Waals surface area (Å²) >= 11 is 1.39. The number of para-hydroxylation sites is 1. The number of hydrogen-bond donors (Lipinski definition) is 1. The number of phenolic OH excluding ortho intramolecular Hbond substituents is 1. The minimum absolute atomic E-state index is 0.00198. The molecule has 2 aromatic rings. The fourth-order valence-corrected chi connectivity index (χ4v) is 3.49. The quantitative estimate of drug-likeness (QED) is 0.880. The molecule has 0 unspecified atom stereocenters. The van der Waals surface area contributed by atoms with Crippen LogP contribution in [0.5, 0.6) is 5.75 Å². The number of Topliss-reactive ketones (excluding diaryl/α,β-unsaturated/α-hetero) is 1.